The number of thioether (sulfide) groups is 1. The number of nitrogens with zero attached hydrogens (tertiary/aromatic N) is 1. The van der Waals surface area contributed by atoms with Gasteiger partial charge in [-0.05, 0) is 89.2 Å². The van der Waals surface area contributed by atoms with Gasteiger partial charge in [-0.15, -0.1) is 0 Å². The molecule has 0 aromatic heterocycles. The molecule has 1 aliphatic heterocycles. The largest absolute Gasteiger partial charge is 0.493 e. The van der Waals surface area contributed by atoms with E-state index in [1.54, 1.807) is 37.5 Å². The Labute approximate surface area is 198 Å². The molecule has 1 aliphatic rings. The first-order valence-electron chi connectivity index (χ1n) is 9.36. The standard InChI is InChI=1S/C22H21ClINO4S/c1-4-13(2)29-20-17(24)9-15(10-18(20)28-3)11-19-21(26)25(22(27)30-19)12-14-5-7-16(23)8-6-14/h5-11,13H,4,12H2,1-3H3/b19-11+/t13-/m0/s1. The van der Waals surface area contributed by atoms with E-state index in [0.717, 1.165) is 32.9 Å². The molecule has 30 heavy (non-hydrogen) atoms. The highest BCUT2D eigenvalue weighted by atomic mass is 127. The van der Waals surface area contributed by atoms with Crippen LogP contribution in [0.25, 0.3) is 6.08 Å². The van der Waals surface area contributed by atoms with Gasteiger partial charge in [0.15, 0.2) is 11.5 Å². The third-order valence-electron chi connectivity index (χ3n) is 4.57. The first kappa shape index (κ1) is 23.0. The van der Waals surface area contributed by atoms with Crippen LogP contribution in [0.3, 0.4) is 0 Å². The molecule has 5 nitrogen and oxygen atoms in total. The van der Waals surface area contributed by atoms with Crippen LogP contribution in [-0.2, 0) is 11.3 Å². The molecule has 1 atom stereocenters. The summed E-state index contributed by atoms with van der Waals surface area (Å²) in [4.78, 5) is 26.8. The van der Waals surface area contributed by atoms with Gasteiger partial charge in [0.05, 0.1) is 28.2 Å². The van der Waals surface area contributed by atoms with Crippen molar-refractivity contribution in [1.29, 1.82) is 0 Å². The van der Waals surface area contributed by atoms with E-state index in [4.69, 9.17) is 21.1 Å². The second kappa shape index (κ2) is 10.1. The molecule has 8 heteroatoms. The van der Waals surface area contributed by atoms with Crippen LogP contribution in [0.15, 0.2) is 41.3 Å². The Kier molecular flexibility index (Phi) is 7.70. The number of carbonyl (C=O) groups excluding carboxylic acids is 2. The Morgan fingerprint density at radius 3 is 2.57 bits per heavy atom. The van der Waals surface area contributed by atoms with Crippen molar-refractivity contribution in [2.24, 2.45) is 0 Å². The molecule has 0 radical (unpaired) electrons. The number of rotatable bonds is 7. The van der Waals surface area contributed by atoms with Gasteiger partial charge in [-0.3, -0.25) is 14.5 Å². The Balaban J connectivity index is 1.84. The molecule has 0 spiro atoms. The Morgan fingerprint density at radius 2 is 1.93 bits per heavy atom. The van der Waals surface area contributed by atoms with Gasteiger partial charge in [0, 0.05) is 5.02 Å². The van der Waals surface area contributed by atoms with Gasteiger partial charge in [0.1, 0.15) is 0 Å². The van der Waals surface area contributed by atoms with Crippen LogP contribution in [0.4, 0.5) is 4.79 Å². The Bertz CT molecular complexity index is 993. The van der Waals surface area contributed by atoms with E-state index >= 15 is 0 Å². The maximum Gasteiger partial charge on any atom is 0.293 e. The third kappa shape index (κ3) is 5.31. The van der Waals surface area contributed by atoms with E-state index in [1.807, 2.05) is 19.1 Å². The number of benzene rings is 2. The minimum Gasteiger partial charge on any atom is -0.493 e. The van der Waals surface area contributed by atoms with Gasteiger partial charge in [0.25, 0.3) is 11.1 Å². The lowest BCUT2D eigenvalue weighted by molar-refractivity contribution is -0.123. The van der Waals surface area contributed by atoms with Crippen LogP contribution >= 0.6 is 46.0 Å². The molecule has 1 heterocycles. The second-order valence-electron chi connectivity index (χ2n) is 6.77. The molecule has 3 rings (SSSR count). The quantitative estimate of drug-likeness (QED) is 0.293. The lowest BCUT2D eigenvalue weighted by Crippen LogP contribution is -2.27. The van der Waals surface area contributed by atoms with Gasteiger partial charge in [-0.1, -0.05) is 30.7 Å². The smallest absolute Gasteiger partial charge is 0.293 e. The molecule has 158 valence electrons. The predicted molar refractivity (Wildman–Crippen MR) is 129 cm³/mol. The van der Waals surface area contributed by atoms with E-state index in [2.05, 4.69) is 29.5 Å². The fourth-order valence-electron chi connectivity index (χ4n) is 2.78. The van der Waals surface area contributed by atoms with E-state index < -0.39 is 0 Å². The zero-order valence-corrected chi connectivity index (χ0v) is 20.5. The highest BCUT2D eigenvalue weighted by molar-refractivity contribution is 14.1. The minimum atomic E-state index is -0.311. The first-order valence-corrected chi connectivity index (χ1v) is 11.6. The van der Waals surface area contributed by atoms with Crippen LogP contribution in [0.5, 0.6) is 11.5 Å². The van der Waals surface area contributed by atoms with Crippen molar-refractivity contribution in [3.63, 3.8) is 0 Å². The lowest BCUT2D eigenvalue weighted by Gasteiger charge is -2.17. The third-order valence-corrected chi connectivity index (χ3v) is 6.53. The van der Waals surface area contributed by atoms with E-state index in [-0.39, 0.29) is 23.8 Å². The average Bonchev–Trinajstić information content (AvgIpc) is 2.98. The number of imide groups is 1. The fraction of sp³-hybridized carbons (Fsp3) is 0.273. The van der Waals surface area contributed by atoms with Crippen molar-refractivity contribution in [3.05, 3.63) is 61.0 Å². The van der Waals surface area contributed by atoms with Crippen LogP contribution in [-0.4, -0.2) is 29.3 Å². The second-order valence-corrected chi connectivity index (χ2v) is 9.36. The van der Waals surface area contributed by atoms with Crippen LogP contribution in [0, 0.1) is 3.57 Å². The summed E-state index contributed by atoms with van der Waals surface area (Å²) < 4.78 is 12.3. The maximum atomic E-state index is 12.8. The Morgan fingerprint density at radius 1 is 1.23 bits per heavy atom. The van der Waals surface area contributed by atoms with Gasteiger partial charge in [0.2, 0.25) is 0 Å². The summed E-state index contributed by atoms with van der Waals surface area (Å²) in [7, 11) is 1.58. The van der Waals surface area contributed by atoms with Crippen LogP contribution in [0.1, 0.15) is 31.4 Å². The van der Waals surface area contributed by atoms with Crippen molar-refractivity contribution in [2.75, 3.05) is 7.11 Å². The van der Waals surface area contributed by atoms with E-state index in [0.29, 0.717) is 21.4 Å². The van der Waals surface area contributed by atoms with Crippen molar-refractivity contribution in [2.45, 2.75) is 32.9 Å². The highest BCUT2D eigenvalue weighted by Gasteiger charge is 2.35. The molecule has 0 bridgehead atoms. The number of hydrogen-bond donors (Lipinski definition) is 0. The summed E-state index contributed by atoms with van der Waals surface area (Å²) >= 11 is 9.03. The summed E-state index contributed by atoms with van der Waals surface area (Å²) in [6, 6.07) is 10.8. The van der Waals surface area contributed by atoms with Crippen LogP contribution in [0.2, 0.25) is 5.02 Å². The lowest BCUT2D eigenvalue weighted by atomic mass is 10.1. The molecule has 1 fully saturated rings. The van der Waals surface area contributed by atoms with Crippen molar-refractivity contribution >= 4 is 63.2 Å². The Hall–Kier alpha value is -1.71. The molecule has 0 N–H and O–H groups in total. The topological polar surface area (TPSA) is 55.8 Å². The normalized spacial score (nSPS) is 16.3. The van der Waals surface area contributed by atoms with Crippen molar-refractivity contribution < 1.29 is 19.1 Å². The van der Waals surface area contributed by atoms with Gasteiger partial charge in [-0.2, -0.15) is 0 Å². The van der Waals surface area contributed by atoms with Gasteiger partial charge >= 0.3 is 0 Å². The summed E-state index contributed by atoms with van der Waals surface area (Å²) in [6.07, 6.45) is 2.65. The first-order chi connectivity index (χ1) is 14.3. The molecule has 2 aromatic rings. The van der Waals surface area contributed by atoms with E-state index in [1.165, 1.54) is 4.90 Å². The number of methoxy groups -OCH3 is 1. The van der Waals surface area contributed by atoms with Crippen molar-refractivity contribution in [1.82, 2.24) is 4.90 Å². The monoisotopic (exact) mass is 557 g/mol. The fourth-order valence-corrected chi connectivity index (χ4v) is 4.50. The molecule has 1 saturated heterocycles. The molecule has 0 aliphatic carbocycles. The molecular formula is C22H21ClINO4S. The molecule has 0 unspecified atom stereocenters. The summed E-state index contributed by atoms with van der Waals surface area (Å²) in [5, 5.41) is 0.316. The summed E-state index contributed by atoms with van der Waals surface area (Å²) in [6.45, 7) is 4.26. The predicted octanol–water partition coefficient (Wildman–Crippen LogP) is 6.37. The zero-order valence-electron chi connectivity index (χ0n) is 16.8. The number of ether oxygens (including phenoxy) is 2. The van der Waals surface area contributed by atoms with Gasteiger partial charge < -0.3 is 9.47 Å². The van der Waals surface area contributed by atoms with E-state index in [9.17, 15) is 9.59 Å². The number of carbonyl (C=O) groups is 2. The summed E-state index contributed by atoms with van der Waals surface area (Å²) in [5.41, 5.74) is 1.61. The average molecular weight is 558 g/mol. The molecule has 2 aromatic carbocycles. The number of hydrogen-bond acceptors (Lipinski definition) is 5. The van der Waals surface area contributed by atoms with Crippen molar-refractivity contribution in [3.8, 4) is 11.5 Å². The highest BCUT2D eigenvalue weighted by Crippen LogP contribution is 2.38. The number of halogens is 2. The minimum absolute atomic E-state index is 0.0580. The molecular weight excluding hydrogens is 537 g/mol. The van der Waals surface area contributed by atoms with Gasteiger partial charge in [-0.25, -0.2) is 0 Å². The summed E-state index contributed by atoms with van der Waals surface area (Å²) in [5.74, 6) is 0.961. The number of amides is 2. The molecule has 0 saturated carbocycles. The maximum absolute atomic E-state index is 12.8. The zero-order chi connectivity index (χ0) is 21.8. The SMILES string of the molecule is CC[C@H](C)Oc1c(I)cc(/C=C2/SC(=O)N(Cc3ccc(Cl)cc3)C2=O)cc1OC. The van der Waals surface area contributed by atoms with Crippen LogP contribution < -0.4 is 9.47 Å². The molecule has 2 amide bonds.